The Kier molecular flexibility index (Phi) is 12.8. The van der Waals surface area contributed by atoms with Crippen LogP contribution in [0.5, 0.6) is 0 Å². The zero-order valence-corrected chi connectivity index (χ0v) is 4.24. The quantitative estimate of drug-likeness (QED) is 0.289. The number of hydrogen-bond donors (Lipinski definition) is 3. The van der Waals surface area contributed by atoms with E-state index >= 15 is 0 Å². The maximum absolute atomic E-state index is 8.74. The normalized spacial score (nSPS) is 6.71. The molecule has 0 aliphatic carbocycles. The molecule has 0 saturated heterocycles. The van der Waals surface area contributed by atoms with Gasteiger partial charge >= 0.3 is 8.25 Å². The molecule has 5 nitrogen and oxygen atoms in total. The van der Waals surface area contributed by atoms with Gasteiger partial charge in [0.25, 0.3) is 6.47 Å². The molecule has 3 N–H and O–H groups in total. The van der Waals surface area contributed by atoms with Gasteiger partial charge in [-0.25, -0.2) is 0 Å². The van der Waals surface area contributed by atoms with Gasteiger partial charge in [0, 0.05) is 0 Å². The third-order valence-electron chi connectivity index (χ3n) is 0. The van der Waals surface area contributed by atoms with Crippen molar-refractivity contribution in [3.05, 3.63) is 0 Å². The van der Waals surface area contributed by atoms with Crippen molar-refractivity contribution in [2.75, 3.05) is 0 Å². The Labute approximate surface area is 40.2 Å². The zero-order valence-electron chi connectivity index (χ0n) is 3.24. The van der Waals surface area contributed by atoms with Gasteiger partial charge in [0.2, 0.25) is 0 Å². The Balaban J connectivity index is 0. The van der Waals surface area contributed by atoms with Crippen LogP contribution in [0.25, 0.3) is 0 Å². The average molecular weight is 128 g/mol. The van der Waals surface area contributed by atoms with Crippen LogP contribution in [0.1, 0.15) is 0 Å². The third-order valence-corrected chi connectivity index (χ3v) is 0. The molecule has 0 spiro atoms. The molecule has 0 aliphatic rings. The summed E-state index contributed by atoms with van der Waals surface area (Å²) in [5.41, 5.74) is 0. The SMILES string of the molecule is O=CO.O=[PH](O)O. The van der Waals surface area contributed by atoms with Gasteiger partial charge in [-0.15, -0.1) is 0 Å². The standard InChI is InChI=1S/CH2O2.H3O3P/c2-1-3;1-4(2)3/h1H,(H,2,3);4H,(H2,1,2,3). The van der Waals surface area contributed by atoms with Crippen LogP contribution in [0.4, 0.5) is 0 Å². The van der Waals surface area contributed by atoms with Crippen LogP contribution in [0.3, 0.4) is 0 Å². The topological polar surface area (TPSA) is 94.8 Å². The van der Waals surface area contributed by atoms with Gasteiger partial charge < -0.3 is 14.9 Å². The van der Waals surface area contributed by atoms with Gasteiger partial charge in [0.05, 0.1) is 0 Å². The van der Waals surface area contributed by atoms with Crippen molar-refractivity contribution < 1.29 is 24.3 Å². The van der Waals surface area contributed by atoms with E-state index in [9.17, 15) is 0 Å². The summed E-state index contributed by atoms with van der Waals surface area (Å²) >= 11 is 0. The smallest absolute Gasteiger partial charge is 0.314 e. The van der Waals surface area contributed by atoms with Gasteiger partial charge in [0.1, 0.15) is 0 Å². The number of carbonyl (C=O) groups is 1. The molecule has 0 bridgehead atoms. The number of rotatable bonds is 0. The second-order valence-electron chi connectivity index (χ2n) is 0.388. The Morgan fingerprint density at radius 1 is 1.43 bits per heavy atom. The molecule has 0 aromatic heterocycles. The highest BCUT2D eigenvalue weighted by Crippen LogP contribution is 1.98. The second kappa shape index (κ2) is 9.15. The lowest BCUT2D eigenvalue weighted by atomic mass is 11.7. The first kappa shape index (κ1) is 9.80. The highest BCUT2D eigenvalue weighted by molar-refractivity contribution is 7.30. The lowest BCUT2D eigenvalue weighted by molar-refractivity contribution is -0.122. The first-order valence-corrected chi connectivity index (χ1v) is 2.45. The van der Waals surface area contributed by atoms with Crippen LogP contribution >= 0.6 is 8.25 Å². The summed E-state index contributed by atoms with van der Waals surface area (Å²) in [7, 11) is -3.13. The molecule has 7 heavy (non-hydrogen) atoms. The van der Waals surface area contributed by atoms with Gasteiger partial charge in [-0.3, -0.25) is 9.36 Å². The minimum atomic E-state index is -3.13. The van der Waals surface area contributed by atoms with E-state index < -0.39 is 8.25 Å². The van der Waals surface area contributed by atoms with Gasteiger partial charge in [-0.2, -0.15) is 0 Å². The van der Waals surface area contributed by atoms with Crippen molar-refractivity contribution in [2.24, 2.45) is 0 Å². The summed E-state index contributed by atoms with van der Waals surface area (Å²) in [5, 5.41) is 6.89. The summed E-state index contributed by atoms with van der Waals surface area (Å²) in [4.78, 5) is 22.7. The van der Waals surface area contributed by atoms with E-state index in [0.29, 0.717) is 0 Å². The van der Waals surface area contributed by atoms with E-state index in [1.807, 2.05) is 0 Å². The fraction of sp³-hybridized carbons (Fsp3) is 0. The van der Waals surface area contributed by atoms with Crippen molar-refractivity contribution in [1.82, 2.24) is 0 Å². The lowest BCUT2D eigenvalue weighted by Gasteiger charge is -1.61. The Hall–Kier alpha value is -0.380. The summed E-state index contributed by atoms with van der Waals surface area (Å²) in [5.74, 6) is 0. The average Bonchev–Trinajstić information content (AvgIpc) is 1.33. The molecule has 0 fully saturated rings. The van der Waals surface area contributed by atoms with Crippen LogP contribution in [0, 0.1) is 0 Å². The minimum absolute atomic E-state index is 0.250. The molecule has 6 heteroatoms. The van der Waals surface area contributed by atoms with Crippen LogP contribution in [-0.4, -0.2) is 21.4 Å². The van der Waals surface area contributed by atoms with E-state index in [2.05, 4.69) is 0 Å². The molecule has 0 radical (unpaired) electrons. The van der Waals surface area contributed by atoms with Crippen LogP contribution < -0.4 is 0 Å². The van der Waals surface area contributed by atoms with Gasteiger partial charge in [-0.05, 0) is 0 Å². The molecule has 0 amide bonds. The van der Waals surface area contributed by atoms with E-state index in [1.165, 1.54) is 0 Å². The fourth-order valence-electron chi connectivity index (χ4n) is 0. The maximum atomic E-state index is 8.74. The largest absolute Gasteiger partial charge is 0.483 e. The van der Waals surface area contributed by atoms with Crippen LogP contribution in [0.2, 0.25) is 0 Å². The summed E-state index contributed by atoms with van der Waals surface area (Å²) in [6.45, 7) is -0.250. The fourth-order valence-corrected chi connectivity index (χ4v) is 0. The summed E-state index contributed by atoms with van der Waals surface area (Å²) in [6.07, 6.45) is 0. The van der Waals surface area contributed by atoms with Crippen molar-refractivity contribution >= 4 is 14.7 Å². The van der Waals surface area contributed by atoms with Crippen LogP contribution in [-0.2, 0) is 9.36 Å². The molecule has 0 aliphatic heterocycles. The molecular formula is CH5O5P. The van der Waals surface area contributed by atoms with Gasteiger partial charge in [-0.1, -0.05) is 0 Å². The molecule has 44 valence electrons. The van der Waals surface area contributed by atoms with E-state index in [1.54, 1.807) is 0 Å². The molecule has 0 rings (SSSR count). The number of hydrogen-bond acceptors (Lipinski definition) is 2. The molecule has 0 aromatic rings. The monoisotopic (exact) mass is 128 g/mol. The first-order chi connectivity index (χ1) is 3.15. The van der Waals surface area contributed by atoms with E-state index in [0.717, 1.165) is 0 Å². The molecule has 0 unspecified atom stereocenters. The predicted molar refractivity (Wildman–Crippen MR) is 22.1 cm³/mol. The second-order valence-corrected chi connectivity index (χ2v) is 0.953. The molecule has 0 heterocycles. The highest BCUT2D eigenvalue weighted by atomic mass is 31.1. The van der Waals surface area contributed by atoms with E-state index in [4.69, 9.17) is 24.3 Å². The van der Waals surface area contributed by atoms with Crippen molar-refractivity contribution in [1.29, 1.82) is 0 Å². The Morgan fingerprint density at radius 3 is 1.43 bits per heavy atom. The Morgan fingerprint density at radius 2 is 1.43 bits per heavy atom. The Bertz CT molecular complexity index is 55.1. The molecule has 0 atom stereocenters. The summed E-state index contributed by atoms with van der Waals surface area (Å²) in [6, 6.07) is 0. The van der Waals surface area contributed by atoms with Crippen LogP contribution in [0.15, 0.2) is 0 Å². The van der Waals surface area contributed by atoms with E-state index in [-0.39, 0.29) is 6.47 Å². The maximum Gasteiger partial charge on any atom is 0.314 e. The summed E-state index contributed by atoms with van der Waals surface area (Å²) < 4.78 is 8.74. The van der Waals surface area contributed by atoms with Crippen molar-refractivity contribution in [2.45, 2.75) is 0 Å². The third kappa shape index (κ3) is 510. The van der Waals surface area contributed by atoms with Gasteiger partial charge in [0.15, 0.2) is 0 Å². The minimum Gasteiger partial charge on any atom is -0.483 e. The first-order valence-electron chi connectivity index (χ1n) is 1.15. The zero-order chi connectivity index (χ0) is 6.28. The number of carboxylic acid groups (broad SMARTS) is 1. The van der Waals surface area contributed by atoms with Crippen molar-refractivity contribution in [3.63, 3.8) is 0 Å². The highest BCUT2D eigenvalue weighted by Gasteiger charge is 1.61. The molecule has 0 aromatic carbocycles. The molecule has 0 saturated carbocycles. The van der Waals surface area contributed by atoms with Crippen molar-refractivity contribution in [3.8, 4) is 0 Å². The lowest BCUT2D eigenvalue weighted by Crippen LogP contribution is -1.49. The molecular weight excluding hydrogens is 123 g/mol. The predicted octanol–water partition coefficient (Wildman–Crippen LogP) is -0.939.